The third-order valence-electron chi connectivity index (χ3n) is 1.89. The highest BCUT2D eigenvalue weighted by Crippen LogP contribution is 2.32. The van der Waals surface area contributed by atoms with Crippen LogP contribution in [-0.4, -0.2) is 20.9 Å². The minimum Gasteiger partial charge on any atom is -0.355 e. The minimum absolute atomic E-state index is 0.259. The second kappa shape index (κ2) is 3.82. The molecule has 1 aromatic rings. The van der Waals surface area contributed by atoms with E-state index in [9.17, 15) is 8.42 Å². The molecule has 0 aliphatic carbocycles. The summed E-state index contributed by atoms with van der Waals surface area (Å²) in [6.45, 7) is 2.70. The van der Waals surface area contributed by atoms with Crippen LogP contribution in [0.5, 0.6) is 0 Å². The van der Waals surface area contributed by atoms with Crippen molar-refractivity contribution in [2.45, 2.75) is 18.2 Å². The van der Waals surface area contributed by atoms with Gasteiger partial charge in [-0.25, -0.2) is 18.1 Å². The maximum absolute atomic E-state index is 11.7. The number of rotatable bonds is 2. The maximum atomic E-state index is 11.7. The van der Waals surface area contributed by atoms with E-state index in [1.165, 1.54) is 11.3 Å². The summed E-state index contributed by atoms with van der Waals surface area (Å²) < 4.78 is 25.8. The quantitative estimate of drug-likeness (QED) is 0.817. The fraction of sp³-hybridized carbons (Fsp3) is 0.375. The number of fused-ring (bicyclic) bond motifs is 1. The Balaban J connectivity index is 2.34. The Hall–Kier alpha value is -1.08. The van der Waals surface area contributed by atoms with E-state index in [-0.39, 0.29) is 4.90 Å². The first kappa shape index (κ1) is 10.4. The van der Waals surface area contributed by atoms with E-state index < -0.39 is 10.0 Å². The maximum Gasteiger partial charge on any atom is 0.267 e. The lowest BCUT2D eigenvalue weighted by atomic mass is 10.5. The third kappa shape index (κ3) is 1.98. The summed E-state index contributed by atoms with van der Waals surface area (Å²) in [6, 6.07) is 1.56. The lowest BCUT2D eigenvalue weighted by molar-refractivity contribution is 0.590. The molecule has 5 nitrogen and oxygen atoms in total. The summed E-state index contributed by atoms with van der Waals surface area (Å²) >= 11 is 1.32. The molecule has 0 saturated carbocycles. The molecule has 1 aliphatic heterocycles. The number of nitrogens with zero attached hydrogens (tertiary/aromatic N) is 1. The van der Waals surface area contributed by atoms with Crippen LogP contribution in [0, 0.1) is 0 Å². The standard InChI is InChI=1S/C8H11N3O2S2/c1-2-4-9-8-10-7-6(3-5-14-7)15(12,13)11-8/h3,5H,2,4H2,1H3,(H2,9,10,11). The van der Waals surface area contributed by atoms with Crippen LogP contribution in [0.25, 0.3) is 0 Å². The Kier molecular flexibility index (Phi) is 2.66. The number of hydrogen-bond donors (Lipinski definition) is 2. The fourth-order valence-corrected chi connectivity index (χ4v) is 3.43. The van der Waals surface area contributed by atoms with Crippen molar-refractivity contribution in [2.24, 2.45) is 4.99 Å². The second-order valence-electron chi connectivity index (χ2n) is 3.08. The summed E-state index contributed by atoms with van der Waals surface area (Å²) in [4.78, 5) is 4.43. The van der Waals surface area contributed by atoms with E-state index in [1.54, 1.807) is 11.4 Å². The van der Waals surface area contributed by atoms with Gasteiger partial charge in [0.05, 0.1) is 0 Å². The first-order valence-electron chi connectivity index (χ1n) is 4.56. The van der Waals surface area contributed by atoms with Gasteiger partial charge in [0.2, 0.25) is 5.96 Å². The number of sulfonamides is 1. The van der Waals surface area contributed by atoms with E-state index in [1.807, 2.05) is 6.92 Å². The second-order valence-corrected chi connectivity index (χ2v) is 5.63. The minimum atomic E-state index is -3.41. The van der Waals surface area contributed by atoms with Crippen LogP contribution in [0.3, 0.4) is 0 Å². The zero-order chi connectivity index (χ0) is 10.9. The third-order valence-corrected chi connectivity index (χ3v) is 4.19. The topological polar surface area (TPSA) is 70.6 Å². The van der Waals surface area contributed by atoms with Gasteiger partial charge in [0.15, 0.2) is 0 Å². The van der Waals surface area contributed by atoms with Gasteiger partial charge in [0.25, 0.3) is 10.0 Å². The van der Waals surface area contributed by atoms with E-state index in [2.05, 4.69) is 15.0 Å². The van der Waals surface area contributed by atoms with E-state index in [0.717, 1.165) is 6.42 Å². The molecule has 0 amide bonds. The van der Waals surface area contributed by atoms with Gasteiger partial charge in [0, 0.05) is 6.54 Å². The summed E-state index contributed by atoms with van der Waals surface area (Å²) in [5, 5.41) is 5.18. The molecule has 2 heterocycles. The van der Waals surface area contributed by atoms with Gasteiger partial charge < -0.3 is 5.32 Å². The van der Waals surface area contributed by atoms with Gasteiger partial charge in [-0.1, -0.05) is 6.92 Å². The number of aliphatic imine (C=N–C) groups is 1. The highest BCUT2D eigenvalue weighted by atomic mass is 32.2. The SMILES string of the molecule is CCCNC1=Nc2sccc2S(=O)(=O)N1. The first-order valence-corrected chi connectivity index (χ1v) is 6.92. The van der Waals surface area contributed by atoms with Gasteiger partial charge in [-0.15, -0.1) is 11.3 Å². The number of hydrogen-bond acceptors (Lipinski definition) is 5. The highest BCUT2D eigenvalue weighted by Gasteiger charge is 2.25. The number of nitrogens with one attached hydrogen (secondary N) is 2. The molecule has 2 rings (SSSR count). The molecule has 7 heteroatoms. The molecule has 0 aromatic carbocycles. The average molecular weight is 245 g/mol. The number of thiophene rings is 1. The summed E-state index contributed by atoms with van der Waals surface area (Å²) in [5.41, 5.74) is 0. The normalized spacial score (nSPS) is 17.5. The van der Waals surface area contributed by atoms with Crippen LogP contribution in [0.1, 0.15) is 13.3 Å². The monoisotopic (exact) mass is 245 g/mol. The molecule has 0 bridgehead atoms. The van der Waals surface area contributed by atoms with Crippen molar-refractivity contribution in [3.63, 3.8) is 0 Å². The Morgan fingerprint density at radius 2 is 2.40 bits per heavy atom. The van der Waals surface area contributed by atoms with Gasteiger partial charge in [-0.3, -0.25) is 0 Å². The largest absolute Gasteiger partial charge is 0.355 e. The van der Waals surface area contributed by atoms with E-state index in [0.29, 0.717) is 17.5 Å². The Morgan fingerprint density at radius 3 is 3.13 bits per heavy atom. The van der Waals surface area contributed by atoms with Crippen molar-refractivity contribution in [1.82, 2.24) is 10.0 Å². The van der Waals surface area contributed by atoms with Gasteiger partial charge in [-0.2, -0.15) is 0 Å². The van der Waals surface area contributed by atoms with Crippen LogP contribution in [-0.2, 0) is 10.0 Å². The number of guanidine groups is 1. The van der Waals surface area contributed by atoms with Crippen molar-refractivity contribution >= 4 is 32.3 Å². The fourth-order valence-electron chi connectivity index (χ4n) is 1.20. The molecule has 2 N–H and O–H groups in total. The van der Waals surface area contributed by atoms with Crippen molar-refractivity contribution in [3.8, 4) is 0 Å². The summed E-state index contributed by atoms with van der Waals surface area (Å²) in [6.07, 6.45) is 0.915. The Labute approximate surface area is 92.3 Å². The smallest absolute Gasteiger partial charge is 0.267 e. The van der Waals surface area contributed by atoms with Crippen molar-refractivity contribution < 1.29 is 8.42 Å². The predicted octanol–water partition coefficient (Wildman–Crippen LogP) is 1.03. The van der Waals surface area contributed by atoms with Crippen molar-refractivity contribution in [2.75, 3.05) is 6.54 Å². The van der Waals surface area contributed by atoms with Gasteiger partial charge in [-0.05, 0) is 17.9 Å². The van der Waals surface area contributed by atoms with E-state index in [4.69, 9.17) is 0 Å². The molecular formula is C8H11N3O2S2. The van der Waals surface area contributed by atoms with Crippen LogP contribution in [0.2, 0.25) is 0 Å². The molecule has 1 aliphatic rings. The Bertz CT molecular complexity index is 490. The molecule has 0 radical (unpaired) electrons. The molecule has 0 saturated heterocycles. The highest BCUT2D eigenvalue weighted by molar-refractivity contribution is 7.90. The van der Waals surface area contributed by atoms with Crippen molar-refractivity contribution in [3.05, 3.63) is 11.4 Å². The predicted molar refractivity (Wildman–Crippen MR) is 60.0 cm³/mol. The van der Waals surface area contributed by atoms with Gasteiger partial charge in [0.1, 0.15) is 9.90 Å². The molecule has 0 spiro atoms. The van der Waals surface area contributed by atoms with Crippen LogP contribution in [0.4, 0.5) is 5.00 Å². The Morgan fingerprint density at radius 1 is 1.60 bits per heavy atom. The average Bonchev–Trinajstić information content (AvgIpc) is 2.62. The molecule has 82 valence electrons. The van der Waals surface area contributed by atoms with Crippen molar-refractivity contribution in [1.29, 1.82) is 0 Å². The zero-order valence-electron chi connectivity index (χ0n) is 8.15. The van der Waals surface area contributed by atoms with E-state index >= 15 is 0 Å². The summed E-state index contributed by atoms with van der Waals surface area (Å²) in [5.74, 6) is 0.312. The molecular weight excluding hydrogens is 234 g/mol. The molecule has 1 aromatic heterocycles. The van der Waals surface area contributed by atoms with Gasteiger partial charge >= 0.3 is 0 Å². The van der Waals surface area contributed by atoms with Crippen LogP contribution < -0.4 is 10.0 Å². The lowest BCUT2D eigenvalue weighted by Gasteiger charge is -2.15. The van der Waals surface area contributed by atoms with Crippen LogP contribution in [0.15, 0.2) is 21.3 Å². The molecule has 15 heavy (non-hydrogen) atoms. The first-order chi connectivity index (χ1) is 7.13. The summed E-state index contributed by atoms with van der Waals surface area (Å²) in [7, 11) is -3.41. The zero-order valence-corrected chi connectivity index (χ0v) is 9.78. The lowest BCUT2D eigenvalue weighted by Crippen LogP contribution is -2.42. The molecule has 0 unspecified atom stereocenters. The molecule has 0 atom stereocenters. The molecule has 0 fully saturated rings. The van der Waals surface area contributed by atoms with Crippen LogP contribution >= 0.6 is 11.3 Å².